The Bertz CT molecular complexity index is 880. The van der Waals surface area contributed by atoms with E-state index in [2.05, 4.69) is 27.7 Å². The van der Waals surface area contributed by atoms with E-state index in [0.29, 0.717) is 17.7 Å². The van der Waals surface area contributed by atoms with Gasteiger partial charge in [0, 0.05) is 24.5 Å². The number of hydrogen-bond donors (Lipinski definition) is 2. The fourth-order valence-electron chi connectivity index (χ4n) is 3.89. The zero-order valence-corrected chi connectivity index (χ0v) is 19.7. The maximum atomic E-state index is 13.0. The number of anilines is 2. The molecule has 0 aromatic heterocycles. The van der Waals surface area contributed by atoms with Gasteiger partial charge in [0.15, 0.2) is 0 Å². The number of ether oxygens (including phenoxy) is 1. The predicted molar refractivity (Wildman–Crippen MR) is 133 cm³/mol. The van der Waals surface area contributed by atoms with Crippen LogP contribution in [-0.2, 0) is 4.79 Å². The van der Waals surface area contributed by atoms with Crippen molar-refractivity contribution in [3.8, 4) is 5.75 Å². The molecular formula is C25H33N3O3S. The smallest absolute Gasteiger partial charge is 0.255 e. The maximum Gasteiger partial charge on any atom is 0.255 e. The van der Waals surface area contributed by atoms with E-state index in [1.165, 1.54) is 38.5 Å². The Balaban J connectivity index is 1.65. The van der Waals surface area contributed by atoms with Gasteiger partial charge in [0.05, 0.1) is 12.7 Å². The molecule has 3 rings (SSSR count). The number of para-hydroxylation sites is 1. The second-order valence-corrected chi connectivity index (χ2v) is 8.93. The van der Waals surface area contributed by atoms with Gasteiger partial charge in [0.25, 0.3) is 5.91 Å². The molecule has 0 radical (unpaired) electrons. The highest BCUT2D eigenvalue weighted by Gasteiger charge is 2.23. The van der Waals surface area contributed by atoms with Crippen LogP contribution in [0.3, 0.4) is 0 Å². The average molecular weight is 456 g/mol. The SMILES string of the molecule is COc1ccccc1C(=O)N[C@H](CCSC)C(=O)Nc1ccc(N2CCCCCC2)cc1. The molecule has 2 amide bonds. The van der Waals surface area contributed by atoms with Crippen LogP contribution in [0.25, 0.3) is 0 Å². The van der Waals surface area contributed by atoms with Crippen LogP contribution in [0.5, 0.6) is 5.75 Å². The molecule has 1 heterocycles. The van der Waals surface area contributed by atoms with Crippen molar-refractivity contribution >= 4 is 35.0 Å². The second kappa shape index (κ2) is 12.4. The van der Waals surface area contributed by atoms with E-state index in [1.54, 1.807) is 30.0 Å². The summed E-state index contributed by atoms with van der Waals surface area (Å²) in [7, 11) is 1.53. The van der Waals surface area contributed by atoms with Crippen molar-refractivity contribution in [2.45, 2.75) is 38.1 Å². The summed E-state index contributed by atoms with van der Waals surface area (Å²) in [4.78, 5) is 28.2. The molecule has 0 unspecified atom stereocenters. The Labute approximate surface area is 195 Å². The standard InChI is InChI=1S/C25H33N3O3S/c1-31-23-10-6-5-9-21(23)24(29)27-22(15-18-32-2)25(30)26-19-11-13-20(14-12-19)28-16-7-3-4-8-17-28/h5-6,9-14,22H,3-4,7-8,15-18H2,1-2H3,(H,26,30)(H,27,29)/t22-/m1/s1. The normalized spacial score (nSPS) is 14.9. The van der Waals surface area contributed by atoms with Gasteiger partial charge >= 0.3 is 0 Å². The third-order valence-corrected chi connectivity index (χ3v) is 6.33. The van der Waals surface area contributed by atoms with E-state index in [1.807, 2.05) is 24.5 Å². The van der Waals surface area contributed by atoms with Crippen molar-refractivity contribution in [1.29, 1.82) is 0 Å². The lowest BCUT2D eigenvalue weighted by Gasteiger charge is -2.23. The van der Waals surface area contributed by atoms with E-state index in [0.717, 1.165) is 24.5 Å². The van der Waals surface area contributed by atoms with E-state index in [-0.39, 0.29) is 11.8 Å². The molecule has 2 N–H and O–H groups in total. The summed E-state index contributed by atoms with van der Waals surface area (Å²) in [6, 6.07) is 14.4. The monoisotopic (exact) mass is 455 g/mol. The van der Waals surface area contributed by atoms with E-state index >= 15 is 0 Å². The minimum atomic E-state index is -0.634. The van der Waals surface area contributed by atoms with Crippen LogP contribution in [0.15, 0.2) is 48.5 Å². The number of nitrogens with zero attached hydrogens (tertiary/aromatic N) is 1. The first kappa shape index (κ1) is 24.0. The molecular weight excluding hydrogens is 422 g/mol. The summed E-state index contributed by atoms with van der Waals surface area (Å²) >= 11 is 1.64. The summed E-state index contributed by atoms with van der Waals surface area (Å²) in [5.74, 6) is 0.709. The maximum absolute atomic E-state index is 13.0. The van der Waals surface area contributed by atoms with Crippen molar-refractivity contribution in [2.75, 3.05) is 42.4 Å². The summed E-state index contributed by atoms with van der Waals surface area (Å²) in [5.41, 5.74) is 2.33. The fourth-order valence-corrected chi connectivity index (χ4v) is 4.36. The third-order valence-electron chi connectivity index (χ3n) is 5.69. The highest BCUT2D eigenvalue weighted by atomic mass is 32.2. The zero-order valence-electron chi connectivity index (χ0n) is 18.9. The van der Waals surface area contributed by atoms with Gasteiger partial charge in [0.2, 0.25) is 5.91 Å². The Morgan fingerprint density at radius 3 is 2.38 bits per heavy atom. The Morgan fingerprint density at radius 2 is 1.72 bits per heavy atom. The summed E-state index contributed by atoms with van der Waals surface area (Å²) < 4.78 is 5.28. The van der Waals surface area contributed by atoms with Crippen molar-refractivity contribution in [2.24, 2.45) is 0 Å². The average Bonchev–Trinajstić information content (AvgIpc) is 3.11. The molecule has 1 aliphatic heterocycles. The first-order chi connectivity index (χ1) is 15.6. The molecule has 6 nitrogen and oxygen atoms in total. The van der Waals surface area contributed by atoms with E-state index in [9.17, 15) is 9.59 Å². The number of rotatable bonds is 9. The van der Waals surface area contributed by atoms with Gasteiger partial charge < -0.3 is 20.3 Å². The van der Waals surface area contributed by atoms with Crippen LogP contribution in [0.1, 0.15) is 42.5 Å². The highest BCUT2D eigenvalue weighted by molar-refractivity contribution is 7.98. The zero-order chi connectivity index (χ0) is 22.8. The van der Waals surface area contributed by atoms with Crippen LogP contribution in [0.2, 0.25) is 0 Å². The molecule has 2 aromatic carbocycles. The molecule has 2 aromatic rings. The number of carbonyl (C=O) groups excluding carboxylic acids is 2. The molecule has 0 saturated carbocycles. The number of benzene rings is 2. The van der Waals surface area contributed by atoms with Crippen LogP contribution in [-0.4, -0.2) is 50.1 Å². The fraction of sp³-hybridized carbons (Fsp3) is 0.440. The molecule has 7 heteroatoms. The summed E-state index contributed by atoms with van der Waals surface area (Å²) in [6.07, 6.45) is 7.56. The van der Waals surface area contributed by atoms with Gasteiger partial charge in [-0.1, -0.05) is 25.0 Å². The number of amides is 2. The van der Waals surface area contributed by atoms with Crippen molar-refractivity contribution in [1.82, 2.24) is 5.32 Å². The van der Waals surface area contributed by atoms with Gasteiger partial charge in [-0.2, -0.15) is 11.8 Å². The van der Waals surface area contributed by atoms with Crippen molar-refractivity contribution in [3.05, 3.63) is 54.1 Å². The molecule has 32 heavy (non-hydrogen) atoms. The third kappa shape index (κ3) is 6.66. The van der Waals surface area contributed by atoms with Crippen LogP contribution < -0.4 is 20.3 Å². The minimum absolute atomic E-state index is 0.218. The molecule has 1 saturated heterocycles. The minimum Gasteiger partial charge on any atom is -0.496 e. The predicted octanol–water partition coefficient (Wildman–Crippen LogP) is 4.57. The van der Waals surface area contributed by atoms with Crippen molar-refractivity contribution in [3.63, 3.8) is 0 Å². The lowest BCUT2D eigenvalue weighted by atomic mass is 10.1. The van der Waals surface area contributed by atoms with Gasteiger partial charge in [-0.15, -0.1) is 0 Å². The molecule has 1 aliphatic rings. The number of carbonyl (C=O) groups is 2. The van der Waals surface area contributed by atoms with Gasteiger partial charge in [-0.25, -0.2) is 0 Å². The number of hydrogen-bond acceptors (Lipinski definition) is 5. The molecule has 172 valence electrons. The van der Waals surface area contributed by atoms with Crippen molar-refractivity contribution < 1.29 is 14.3 Å². The molecule has 1 atom stereocenters. The Kier molecular flexibility index (Phi) is 9.28. The lowest BCUT2D eigenvalue weighted by Crippen LogP contribution is -2.44. The Morgan fingerprint density at radius 1 is 1.03 bits per heavy atom. The first-order valence-corrected chi connectivity index (χ1v) is 12.6. The molecule has 0 spiro atoms. The first-order valence-electron chi connectivity index (χ1n) is 11.2. The Hall–Kier alpha value is -2.67. The van der Waals surface area contributed by atoms with Gasteiger partial charge in [-0.3, -0.25) is 9.59 Å². The molecule has 0 bridgehead atoms. The highest BCUT2D eigenvalue weighted by Crippen LogP contribution is 2.22. The summed E-state index contributed by atoms with van der Waals surface area (Å²) in [6.45, 7) is 2.16. The molecule has 1 fully saturated rings. The van der Waals surface area contributed by atoms with Gasteiger partial charge in [-0.05, 0) is 67.7 Å². The molecule has 0 aliphatic carbocycles. The van der Waals surface area contributed by atoms with Crippen LogP contribution in [0, 0.1) is 0 Å². The lowest BCUT2D eigenvalue weighted by molar-refractivity contribution is -0.118. The van der Waals surface area contributed by atoms with Gasteiger partial charge in [0.1, 0.15) is 11.8 Å². The topological polar surface area (TPSA) is 70.7 Å². The number of methoxy groups -OCH3 is 1. The van der Waals surface area contributed by atoms with Crippen LogP contribution >= 0.6 is 11.8 Å². The number of thioether (sulfide) groups is 1. The van der Waals surface area contributed by atoms with E-state index < -0.39 is 6.04 Å². The van der Waals surface area contributed by atoms with E-state index in [4.69, 9.17) is 4.74 Å². The largest absolute Gasteiger partial charge is 0.496 e. The quantitative estimate of drug-likeness (QED) is 0.580. The second-order valence-electron chi connectivity index (χ2n) is 7.95. The summed E-state index contributed by atoms with van der Waals surface area (Å²) in [5, 5.41) is 5.85. The number of nitrogens with one attached hydrogen (secondary N) is 2. The van der Waals surface area contributed by atoms with Crippen LogP contribution in [0.4, 0.5) is 11.4 Å².